The average Bonchev–Trinajstić information content (AvgIpc) is 2.85. The van der Waals surface area contributed by atoms with Crippen LogP contribution in [0.4, 0.5) is 5.69 Å². The standard InChI is InChI=1S/C13H15N3O2S/c14-10-3-1-9(2-4-10)13-16-11(8-19-13)7-12(18)15-5-6-17/h1-4,8,17H,5-7,14H2,(H,15,18). The van der Waals surface area contributed by atoms with Crippen LogP contribution in [0.5, 0.6) is 0 Å². The third-order valence-electron chi connectivity index (χ3n) is 2.49. The van der Waals surface area contributed by atoms with E-state index in [9.17, 15) is 4.79 Å². The van der Waals surface area contributed by atoms with E-state index in [0.29, 0.717) is 5.69 Å². The second kappa shape index (κ2) is 6.31. The van der Waals surface area contributed by atoms with Crippen molar-refractivity contribution in [2.75, 3.05) is 18.9 Å². The van der Waals surface area contributed by atoms with Crippen molar-refractivity contribution in [3.05, 3.63) is 35.3 Å². The number of nitrogens with one attached hydrogen (secondary N) is 1. The number of aliphatic hydroxyl groups is 1. The van der Waals surface area contributed by atoms with Crippen molar-refractivity contribution in [1.29, 1.82) is 0 Å². The van der Waals surface area contributed by atoms with Gasteiger partial charge in [0.25, 0.3) is 0 Å². The first kappa shape index (κ1) is 13.5. The summed E-state index contributed by atoms with van der Waals surface area (Å²) in [5, 5.41) is 13.9. The van der Waals surface area contributed by atoms with E-state index in [-0.39, 0.29) is 25.5 Å². The van der Waals surface area contributed by atoms with Crippen LogP contribution in [-0.4, -0.2) is 29.1 Å². The second-order valence-electron chi connectivity index (χ2n) is 4.02. The van der Waals surface area contributed by atoms with Gasteiger partial charge in [0.1, 0.15) is 5.01 Å². The maximum absolute atomic E-state index is 11.5. The molecule has 0 bridgehead atoms. The molecule has 1 amide bonds. The fraction of sp³-hybridized carbons (Fsp3) is 0.231. The molecule has 0 atom stereocenters. The molecule has 0 spiro atoms. The van der Waals surface area contributed by atoms with Gasteiger partial charge in [-0.1, -0.05) is 0 Å². The highest BCUT2D eigenvalue weighted by atomic mass is 32.1. The number of aromatic nitrogens is 1. The number of anilines is 1. The van der Waals surface area contributed by atoms with Crippen molar-refractivity contribution in [2.45, 2.75) is 6.42 Å². The molecule has 0 aliphatic rings. The summed E-state index contributed by atoms with van der Waals surface area (Å²) in [5.74, 6) is -0.136. The number of rotatable bonds is 5. The molecule has 0 saturated carbocycles. The number of aliphatic hydroxyl groups excluding tert-OH is 1. The Morgan fingerprint density at radius 1 is 1.37 bits per heavy atom. The van der Waals surface area contributed by atoms with Crippen LogP contribution in [0.15, 0.2) is 29.6 Å². The Balaban J connectivity index is 2.02. The molecule has 5 nitrogen and oxygen atoms in total. The summed E-state index contributed by atoms with van der Waals surface area (Å²) < 4.78 is 0. The predicted molar refractivity (Wildman–Crippen MR) is 75.8 cm³/mol. The van der Waals surface area contributed by atoms with Gasteiger partial charge in [-0.3, -0.25) is 4.79 Å². The molecule has 2 rings (SSSR count). The number of nitrogens with two attached hydrogens (primary N) is 1. The van der Waals surface area contributed by atoms with Crippen LogP contribution in [0.25, 0.3) is 10.6 Å². The lowest BCUT2D eigenvalue weighted by molar-refractivity contribution is -0.120. The Kier molecular flexibility index (Phi) is 4.48. The van der Waals surface area contributed by atoms with Crippen molar-refractivity contribution in [1.82, 2.24) is 10.3 Å². The Hall–Kier alpha value is -1.92. The number of amides is 1. The summed E-state index contributed by atoms with van der Waals surface area (Å²) >= 11 is 1.49. The van der Waals surface area contributed by atoms with Crippen LogP contribution in [0.3, 0.4) is 0 Å². The Labute approximate surface area is 115 Å². The number of hydrogen-bond donors (Lipinski definition) is 3. The van der Waals surface area contributed by atoms with E-state index in [0.717, 1.165) is 16.3 Å². The zero-order valence-electron chi connectivity index (χ0n) is 10.3. The molecular weight excluding hydrogens is 262 g/mol. The smallest absolute Gasteiger partial charge is 0.226 e. The van der Waals surface area contributed by atoms with E-state index in [2.05, 4.69) is 10.3 Å². The first-order chi connectivity index (χ1) is 9.19. The summed E-state index contributed by atoms with van der Waals surface area (Å²) in [7, 11) is 0. The Morgan fingerprint density at radius 3 is 2.79 bits per heavy atom. The molecule has 0 fully saturated rings. The van der Waals surface area contributed by atoms with Crippen molar-refractivity contribution in [3.63, 3.8) is 0 Å². The lowest BCUT2D eigenvalue weighted by Crippen LogP contribution is -2.27. The van der Waals surface area contributed by atoms with Gasteiger partial charge in [-0.2, -0.15) is 0 Å². The van der Waals surface area contributed by atoms with Gasteiger partial charge >= 0.3 is 0 Å². The quantitative estimate of drug-likeness (QED) is 0.713. The van der Waals surface area contributed by atoms with Gasteiger partial charge in [-0.15, -0.1) is 11.3 Å². The molecule has 6 heteroatoms. The number of hydrogen-bond acceptors (Lipinski definition) is 5. The molecule has 1 aromatic carbocycles. The van der Waals surface area contributed by atoms with Crippen molar-refractivity contribution in [2.24, 2.45) is 0 Å². The van der Waals surface area contributed by atoms with Crippen LogP contribution in [0, 0.1) is 0 Å². The first-order valence-corrected chi connectivity index (χ1v) is 6.75. The molecule has 100 valence electrons. The highest BCUT2D eigenvalue weighted by molar-refractivity contribution is 7.13. The second-order valence-corrected chi connectivity index (χ2v) is 4.87. The number of carbonyl (C=O) groups excluding carboxylic acids is 1. The molecule has 0 aliphatic heterocycles. The fourth-order valence-corrected chi connectivity index (χ4v) is 2.39. The van der Waals surface area contributed by atoms with E-state index < -0.39 is 0 Å². The van der Waals surface area contributed by atoms with Gasteiger partial charge in [0.05, 0.1) is 18.7 Å². The summed E-state index contributed by atoms with van der Waals surface area (Å²) in [4.78, 5) is 15.9. The number of nitrogen functional groups attached to an aromatic ring is 1. The van der Waals surface area contributed by atoms with Crippen molar-refractivity contribution >= 4 is 22.9 Å². The number of carbonyl (C=O) groups is 1. The number of benzene rings is 1. The molecular formula is C13H15N3O2S. The first-order valence-electron chi connectivity index (χ1n) is 5.87. The normalized spacial score (nSPS) is 10.4. The summed E-state index contributed by atoms with van der Waals surface area (Å²) in [5.41, 5.74) is 8.06. The molecule has 0 unspecified atom stereocenters. The Bertz CT molecular complexity index is 551. The SMILES string of the molecule is Nc1ccc(-c2nc(CC(=O)NCCO)cs2)cc1. The minimum atomic E-state index is -0.136. The predicted octanol–water partition coefficient (Wildman–Crippen LogP) is 1.04. The maximum Gasteiger partial charge on any atom is 0.226 e. The zero-order valence-corrected chi connectivity index (χ0v) is 11.1. The fourth-order valence-electron chi connectivity index (χ4n) is 1.57. The van der Waals surface area contributed by atoms with E-state index in [1.807, 2.05) is 29.6 Å². The van der Waals surface area contributed by atoms with Crippen LogP contribution >= 0.6 is 11.3 Å². The van der Waals surface area contributed by atoms with Gasteiger partial charge < -0.3 is 16.2 Å². The van der Waals surface area contributed by atoms with E-state index in [1.165, 1.54) is 11.3 Å². The van der Waals surface area contributed by atoms with Crippen molar-refractivity contribution in [3.8, 4) is 10.6 Å². The van der Waals surface area contributed by atoms with Gasteiger partial charge in [-0.25, -0.2) is 4.98 Å². The van der Waals surface area contributed by atoms with Gasteiger partial charge in [0.2, 0.25) is 5.91 Å². The summed E-state index contributed by atoms with van der Waals surface area (Å²) in [6.07, 6.45) is 0.228. The van der Waals surface area contributed by atoms with E-state index >= 15 is 0 Å². The zero-order chi connectivity index (χ0) is 13.7. The highest BCUT2D eigenvalue weighted by Crippen LogP contribution is 2.24. The van der Waals surface area contributed by atoms with Crippen LogP contribution in [0.2, 0.25) is 0 Å². The molecule has 1 heterocycles. The van der Waals surface area contributed by atoms with Gasteiger partial charge in [0.15, 0.2) is 0 Å². The largest absolute Gasteiger partial charge is 0.399 e. The average molecular weight is 277 g/mol. The monoisotopic (exact) mass is 277 g/mol. The van der Waals surface area contributed by atoms with Crippen LogP contribution in [-0.2, 0) is 11.2 Å². The molecule has 19 heavy (non-hydrogen) atoms. The minimum Gasteiger partial charge on any atom is -0.399 e. The van der Waals surface area contributed by atoms with Crippen molar-refractivity contribution < 1.29 is 9.90 Å². The highest BCUT2D eigenvalue weighted by Gasteiger charge is 2.08. The molecule has 0 aliphatic carbocycles. The molecule has 4 N–H and O–H groups in total. The number of thiazole rings is 1. The summed E-state index contributed by atoms with van der Waals surface area (Å²) in [6.45, 7) is 0.216. The molecule has 1 aromatic heterocycles. The lowest BCUT2D eigenvalue weighted by atomic mass is 10.2. The molecule has 0 radical (unpaired) electrons. The lowest BCUT2D eigenvalue weighted by Gasteiger charge is -2.00. The third-order valence-corrected chi connectivity index (χ3v) is 3.43. The summed E-state index contributed by atoms with van der Waals surface area (Å²) in [6, 6.07) is 7.46. The van der Waals surface area contributed by atoms with Crippen LogP contribution < -0.4 is 11.1 Å². The maximum atomic E-state index is 11.5. The Morgan fingerprint density at radius 2 is 2.11 bits per heavy atom. The minimum absolute atomic E-state index is 0.0561. The van der Waals surface area contributed by atoms with Crippen LogP contribution in [0.1, 0.15) is 5.69 Å². The third kappa shape index (κ3) is 3.77. The van der Waals surface area contributed by atoms with Gasteiger partial charge in [0, 0.05) is 23.2 Å². The molecule has 0 saturated heterocycles. The molecule has 2 aromatic rings. The topological polar surface area (TPSA) is 88.2 Å². The van der Waals surface area contributed by atoms with Gasteiger partial charge in [-0.05, 0) is 24.3 Å². The van der Waals surface area contributed by atoms with E-state index in [4.69, 9.17) is 10.8 Å². The van der Waals surface area contributed by atoms with E-state index in [1.54, 1.807) is 0 Å². The number of nitrogens with zero attached hydrogens (tertiary/aromatic N) is 1.